The Morgan fingerprint density at radius 2 is 1.81 bits per heavy atom. The SMILES string of the molecule is CCC(C)c1ccccc1OCC(=O)N/N=C/c1cccc2ccccc12. The molecule has 0 bridgehead atoms. The van der Waals surface area contributed by atoms with Crippen LogP contribution in [0.1, 0.15) is 37.3 Å². The van der Waals surface area contributed by atoms with Gasteiger partial charge in [-0.05, 0) is 34.7 Å². The number of carbonyl (C=O) groups is 1. The van der Waals surface area contributed by atoms with E-state index in [-0.39, 0.29) is 12.5 Å². The third-order valence-corrected chi connectivity index (χ3v) is 4.64. The van der Waals surface area contributed by atoms with E-state index >= 15 is 0 Å². The Hall–Kier alpha value is -3.14. The molecule has 3 rings (SSSR count). The van der Waals surface area contributed by atoms with E-state index < -0.39 is 0 Å². The predicted molar refractivity (Wildman–Crippen MR) is 110 cm³/mol. The maximum Gasteiger partial charge on any atom is 0.277 e. The fourth-order valence-electron chi connectivity index (χ4n) is 2.95. The van der Waals surface area contributed by atoms with Crippen molar-refractivity contribution < 1.29 is 9.53 Å². The first-order chi connectivity index (χ1) is 13.2. The van der Waals surface area contributed by atoms with Crippen LogP contribution in [0.15, 0.2) is 71.8 Å². The van der Waals surface area contributed by atoms with Gasteiger partial charge in [-0.1, -0.05) is 74.5 Å². The van der Waals surface area contributed by atoms with Gasteiger partial charge in [-0.2, -0.15) is 5.10 Å². The van der Waals surface area contributed by atoms with E-state index in [1.807, 2.05) is 66.7 Å². The molecule has 0 aromatic heterocycles. The summed E-state index contributed by atoms with van der Waals surface area (Å²) in [5.41, 5.74) is 4.61. The molecular weight excluding hydrogens is 336 g/mol. The molecular formula is C23H24N2O2. The molecule has 0 fully saturated rings. The molecule has 0 aliphatic rings. The fourth-order valence-corrected chi connectivity index (χ4v) is 2.95. The summed E-state index contributed by atoms with van der Waals surface area (Å²) in [4.78, 5) is 12.1. The smallest absolute Gasteiger partial charge is 0.277 e. The third kappa shape index (κ3) is 4.73. The Bertz CT molecular complexity index is 945. The second kappa shape index (κ2) is 8.99. The molecule has 0 spiro atoms. The number of rotatable bonds is 7. The Labute approximate surface area is 159 Å². The zero-order valence-corrected chi connectivity index (χ0v) is 15.7. The van der Waals surface area contributed by atoms with E-state index in [9.17, 15) is 4.79 Å². The molecule has 1 amide bonds. The zero-order chi connectivity index (χ0) is 19.1. The minimum absolute atomic E-state index is 0.0691. The predicted octanol–water partition coefficient (Wildman–Crippen LogP) is 4.88. The molecule has 1 atom stereocenters. The minimum atomic E-state index is -0.287. The number of ether oxygens (including phenoxy) is 1. The van der Waals surface area contributed by atoms with Gasteiger partial charge in [-0.3, -0.25) is 4.79 Å². The second-order valence-corrected chi connectivity index (χ2v) is 6.50. The molecule has 27 heavy (non-hydrogen) atoms. The fraction of sp³-hybridized carbons (Fsp3) is 0.217. The van der Waals surface area contributed by atoms with Gasteiger partial charge in [0.05, 0.1) is 6.21 Å². The average molecular weight is 360 g/mol. The number of hydrogen-bond donors (Lipinski definition) is 1. The van der Waals surface area contributed by atoms with Crippen molar-refractivity contribution in [3.05, 3.63) is 77.9 Å². The molecule has 138 valence electrons. The van der Waals surface area contributed by atoms with Crippen LogP contribution in [0.3, 0.4) is 0 Å². The van der Waals surface area contributed by atoms with E-state index in [1.54, 1.807) is 6.21 Å². The highest BCUT2D eigenvalue weighted by Gasteiger charge is 2.10. The summed E-state index contributed by atoms with van der Waals surface area (Å²) in [6, 6.07) is 21.9. The lowest BCUT2D eigenvalue weighted by Gasteiger charge is -2.15. The number of carbonyl (C=O) groups excluding carboxylic acids is 1. The van der Waals surface area contributed by atoms with Gasteiger partial charge in [0.15, 0.2) is 6.61 Å². The van der Waals surface area contributed by atoms with Gasteiger partial charge in [0.25, 0.3) is 5.91 Å². The first-order valence-electron chi connectivity index (χ1n) is 9.20. The molecule has 0 aliphatic heterocycles. The molecule has 0 saturated carbocycles. The summed E-state index contributed by atoms with van der Waals surface area (Å²) < 4.78 is 5.71. The van der Waals surface area contributed by atoms with Crippen LogP contribution in [0.5, 0.6) is 5.75 Å². The average Bonchev–Trinajstić information content (AvgIpc) is 2.72. The number of hydrazone groups is 1. The summed E-state index contributed by atoms with van der Waals surface area (Å²) >= 11 is 0. The number of benzene rings is 3. The minimum Gasteiger partial charge on any atom is -0.483 e. The quantitative estimate of drug-likeness (QED) is 0.482. The van der Waals surface area contributed by atoms with Crippen molar-refractivity contribution in [1.29, 1.82) is 0 Å². The van der Waals surface area contributed by atoms with Crippen LogP contribution in [-0.2, 0) is 4.79 Å². The molecule has 3 aromatic rings. The molecule has 0 radical (unpaired) electrons. The lowest BCUT2D eigenvalue weighted by atomic mass is 9.98. The van der Waals surface area contributed by atoms with Crippen molar-refractivity contribution >= 4 is 22.9 Å². The summed E-state index contributed by atoms with van der Waals surface area (Å²) in [6.45, 7) is 4.22. The summed E-state index contributed by atoms with van der Waals surface area (Å²) in [7, 11) is 0. The molecule has 1 N–H and O–H groups in total. The highest BCUT2D eigenvalue weighted by atomic mass is 16.5. The van der Waals surface area contributed by atoms with E-state index in [4.69, 9.17) is 4.74 Å². The van der Waals surface area contributed by atoms with Crippen molar-refractivity contribution in [2.45, 2.75) is 26.2 Å². The number of hydrogen-bond acceptors (Lipinski definition) is 3. The zero-order valence-electron chi connectivity index (χ0n) is 15.7. The van der Waals surface area contributed by atoms with Crippen molar-refractivity contribution in [2.24, 2.45) is 5.10 Å². The van der Waals surface area contributed by atoms with Crippen LogP contribution in [-0.4, -0.2) is 18.7 Å². The van der Waals surface area contributed by atoms with Gasteiger partial charge >= 0.3 is 0 Å². The molecule has 0 saturated heterocycles. The number of nitrogens with zero attached hydrogens (tertiary/aromatic N) is 1. The van der Waals surface area contributed by atoms with Gasteiger partial charge in [-0.25, -0.2) is 5.43 Å². The monoisotopic (exact) mass is 360 g/mol. The topological polar surface area (TPSA) is 50.7 Å². The van der Waals surface area contributed by atoms with Crippen LogP contribution >= 0.6 is 0 Å². The van der Waals surface area contributed by atoms with Crippen molar-refractivity contribution in [3.8, 4) is 5.75 Å². The van der Waals surface area contributed by atoms with Crippen molar-refractivity contribution in [3.63, 3.8) is 0 Å². The van der Waals surface area contributed by atoms with Gasteiger partial charge in [0.2, 0.25) is 0 Å². The van der Waals surface area contributed by atoms with Crippen LogP contribution in [0.4, 0.5) is 0 Å². The number of fused-ring (bicyclic) bond motifs is 1. The van der Waals surface area contributed by atoms with Crippen LogP contribution < -0.4 is 10.2 Å². The molecule has 0 heterocycles. The number of para-hydroxylation sites is 1. The summed E-state index contributed by atoms with van der Waals surface area (Å²) in [5, 5.41) is 6.30. The van der Waals surface area contributed by atoms with Crippen molar-refractivity contribution in [2.75, 3.05) is 6.61 Å². The highest BCUT2D eigenvalue weighted by Crippen LogP contribution is 2.28. The second-order valence-electron chi connectivity index (χ2n) is 6.50. The molecule has 1 unspecified atom stereocenters. The standard InChI is InChI=1S/C23H24N2O2/c1-3-17(2)20-12-6-7-14-22(20)27-16-23(26)25-24-15-19-11-8-10-18-9-4-5-13-21(18)19/h4-15,17H,3,16H2,1-2H3,(H,25,26)/b24-15+. The maximum absolute atomic E-state index is 12.1. The Balaban J connectivity index is 1.60. The molecule has 0 aliphatic carbocycles. The largest absolute Gasteiger partial charge is 0.483 e. The van der Waals surface area contributed by atoms with Gasteiger partial charge < -0.3 is 4.74 Å². The summed E-state index contributed by atoms with van der Waals surface area (Å²) in [5.74, 6) is 0.846. The van der Waals surface area contributed by atoms with Crippen molar-refractivity contribution in [1.82, 2.24) is 5.43 Å². The van der Waals surface area contributed by atoms with E-state index in [1.165, 1.54) is 0 Å². The first kappa shape index (κ1) is 18.6. The van der Waals surface area contributed by atoms with Crippen LogP contribution in [0, 0.1) is 0 Å². The Kier molecular flexibility index (Phi) is 6.21. The normalized spacial score (nSPS) is 12.2. The van der Waals surface area contributed by atoms with E-state index in [2.05, 4.69) is 24.4 Å². The van der Waals surface area contributed by atoms with E-state index in [0.29, 0.717) is 5.92 Å². The maximum atomic E-state index is 12.1. The van der Waals surface area contributed by atoms with Gasteiger partial charge in [0.1, 0.15) is 5.75 Å². The highest BCUT2D eigenvalue weighted by molar-refractivity contribution is 5.99. The van der Waals surface area contributed by atoms with Crippen LogP contribution in [0.2, 0.25) is 0 Å². The molecule has 4 heteroatoms. The lowest BCUT2D eigenvalue weighted by Crippen LogP contribution is -2.25. The van der Waals surface area contributed by atoms with Gasteiger partial charge in [-0.15, -0.1) is 0 Å². The Morgan fingerprint density at radius 3 is 2.67 bits per heavy atom. The molecule has 4 nitrogen and oxygen atoms in total. The third-order valence-electron chi connectivity index (χ3n) is 4.64. The van der Waals surface area contributed by atoms with Crippen LogP contribution in [0.25, 0.3) is 10.8 Å². The van der Waals surface area contributed by atoms with E-state index in [0.717, 1.165) is 34.1 Å². The number of amides is 1. The Morgan fingerprint density at radius 1 is 1.07 bits per heavy atom. The summed E-state index contributed by atoms with van der Waals surface area (Å²) in [6.07, 6.45) is 2.68. The lowest BCUT2D eigenvalue weighted by molar-refractivity contribution is -0.123. The molecule has 3 aromatic carbocycles. The first-order valence-corrected chi connectivity index (χ1v) is 9.20. The number of nitrogens with one attached hydrogen (secondary N) is 1. The van der Waals surface area contributed by atoms with Gasteiger partial charge in [0, 0.05) is 5.56 Å².